The lowest BCUT2D eigenvalue weighted by molar-refractivity contribution is -0.385. The number of nitro benzene ring substituents is 1. The molecule has 1 heterocycles. The van der Waals surface area contributed by atoms with Crippen molar-refractivity contribution in [3.63, 3.8) is 0 Å². The predicted molar refractivity (Wildman–Crippen MR) is 69.6 cm³/mol. The van der Waals surface area contributed by atoms with Gasteiger partial charge >= 0.3 is 12.1 Å². The van der Waals surface area contributed by atoms with Gasteiger partial charge in [-0.3, -0.25) is 10.1 Å². The minimum Gasteiger partial charge on any atom is -0.491 e. The normalized spacial score (nSPS) is 18.9. The molecule has 1 aromatic rings. The number of hydrogen-bond donors (Lipinski definition) is 1. The first-order valence-electron chi connectivity index (χ1n) is 6.72. The van der Waals surface area contributed by atoms with Gasteiger partial charge in [-0.1, -0.05) is 0 Å². The van der Waals surface area contributed by atoms with Gasteiger partial charge in [0.15, 0.2) is 0 Å². The summed E-state index contributed by atoms with van der Waals surface area (Å²) in [5, 5.41) is 13.7. The van der Waals surface area contributed by atoms with Crippen LogP contribution >= 0.6 is 0 Å². The lowest BCUT2D eigenvalue weighted by Crippen LogP contribution is -2.35. The Kier molecular flexibility index (Phi) is 4.73. The fourth-order valence-corrected chi connectivity index (χ4v) is 2.25. The fourth-order valence-electron chi connectivity index (χ4n) is 2.25. The van der Waals surface area contributed by atoms with Crippen molar-refractivity contribution >= 4 is 5.69 Å². The Bertz CT molecular complexity index is 585. The van der Waals surface area contributed by atoms with Crippen molar-refractivity contribution in [2.24, 2.45) is 0 Å². The number of hydrogen-bond acceptors (Lipinski definition) is 4. The highest BCUT2D eigenvalue weighted by atomic mass is 19.4. The summed E-state index contributed by atoms with van der Waals surface area (Å²) in [5.41, 5.74) is -2.06. The summed E-state index contributed by atoms with van der Waals surface area (Å²) in [6.07, 6.45) is -4.32. The van der Waals surface area contributed by atoms with Crippen LogP contribution in [0, 0.1) is 10.1 Å². The monoisotopic (exact) mass is 340 g/mol. The van der Waals surface area contributed by atoms with E-state index in [0.29, 0.717) is 31.2 Å². The fraction of sp³-hybridized carbons (Fsp3) is 0.538. The minimum atomic E-state index is -5.83. The summed E-state index contributed by atoms with van der Waals surface area (Å²) in [6.45, 7) is 0.538. The predicted octanol–water partition coefficient (Wildman–Crippen LogP) is 3.38. The molecule has 1 aromatic carbocycles. The van der Waals surface area contributed by atoms with Crippen LogP contribution in [0.5, 0.6) is 5.75 Å². The third-order valence-electron chi connectivity index (χ3n) is 3.47. The molecule has 1 aliphatic heterocycles. The zero-order valence-corrected chi connectivity index (χ0v) is 11.7. The molecule has 10 heteroatoms. The van der Waals surface area contributed by atoms with E-state index in [1.165, 1.54) is 0 Å². The molecule has 0 radical (unpaired) electrons. The summed E-state index contributed by atoms with van der Waals surface area (Å²) < 4.78 is 69.8. The molecule has 1 atom stereocenters. The molecule has 23 heavy (non-hydrogen) atoms. The molecule has 128 valence electrons. The number of alkyl halides is 5. The van der Waals surface area contributed by atoms with Gasteiger partial charge in [0.25, 0.3) is 5.69 Å². The first-order chi connectivity index (χ1) is 10.6. The Balaban J connectivity index is 2.34. The van der Waals surface area contributed by atoms with Crippen LogP contribution in [0.15, 0.2) is 18.2 Å². The van der Waals surface area contributed by atoms with Crippen LogP contribution in [0.4, 0.5) is 27.6 Å². The molecular formula is C13H13F5N2O3. The molecule has 0 saturated carbocycles. The Morgan fingerprint density at radius 3 is 2.52 bits per heavy atom. The second-order valence-corrected chi connectivity index (χ2v) is 5.11. The highest BCUT2D eigenvalue weighted by molar-refractivity contribution is 5.47. The standard InChI is InChI=1S/C13H13F5N2O3/c14-12(15,13(16,17)18)10-4-3-9(20(21)22)6-11(10)23-7-8-2-1-5-19-8/h3-4,6,8,19H,1-2,5,7H2. The molecule has 0 aliphatic carbocycles. The van der Waals surface area contributed by atoms with E-state index < -0.39 is 34.0 Å². The van der Waals surface area contributed by atoms with Gasteiger partial charge in [-0.05, 0) is 25.5 Å². The molecule has 0 spiro atoms. The van der Waals surface area contributed by atoms with Crippen LogP contribution in [0.3, 0.4) is 0 Å². The Morgan fingerprint density at radius 2 is 2.00 bits per heavy atom. The van der Waals surface area contributed by atoms with Crippen molar-refractivity contribution in [1.29, 1.82) is 0 Å². The third-order valence-corrected chi connectivity index (χ3v) is 3.47. The highest BCUT2D eigenvalue weighted by Gasteiger charge is 2.60. The molecule has 2 rings (SSSR count). The van der Waals surface area contributed by atoms with E-state index in [-0.39, 0.29) is 12.6 Å². The molecule has 0 amide bonds. The Morgan fingerprint density at radius 1 is 1.30 bits per heavy atom. The van der Waals surface area contributed by atoms with E-state index in [1.54, 1.807) is 0 Å². The SMILES string of the molecule is O=[N+]([O-])c1ccc(C(F)(F)C(F)(F)F)c(OCC2CCCN2)c1. The Labute approximate surface area is 127 Å². The smallest absolute Gasteiger partial charge is 0.458 e. The van der Waals surface area contributed by atoms with Crippen molar-refractivity contribution in [2.75, 3.05) is 13.2 Å². The Hall–Kier alpha value is -1.97. The molecule has 1 N–H and O–H groups in total. The summed E-state index contributed by atoms with van der Waals surface area (Å²) in [5.74, 6) is -6.00. The minimum absolute atomic E-state index is 0.151. The summed E-state index contributed by atoms with van der Waals surface area (Å²) in [4.78, 5) is 9.81. The van der Waals surface area contributed by atoms with Crippen LogP contribution < -0.4 is 10.1 Å². The van der Waals surface area contributed by atoms with E-state index in [0.717, 1.165) is 6.42 Å². The quantitative estimate of drug-likeness (QED) is 0.507. The second-order valence-electron chi connectivity index (χ2n) is 5.11. The molecule has 5 nitrogen and oxygen atoms in total. The molecule has 0 aromatic heterocycles. The number of nitrogens with zero attached hydrogens (tertiary/aromatic N) is 1. The largest absolute Gasteiger partial charge is 0.491 e. The summed E-state index contributed by atoms with van der Waals surface area (Å²) >= 11 is 0. The molecular weight excluding hydrogens is 327 g/mol. The van der Waals surface area contributed by atoms with Crippen molar-refractivity contribution < 1.29 is 31.6 Å². The maximum absolute atomic E-state index is 13.6. The van der Waals surface area contributed by atoms with E-state index in [1.807, 2.05) is 0 Å². The first kappa shape index (κ1) is 17.4. The van der Waals surface area contributed by atoms with Crippen molar-refractivity contribution in [3.8, 4) is 5.75 Å². The zero-order chi connectivity index (χ0) is 17.3. The average Bonchev–Trinajstić information content (AvgIpc) is 2.96. The summed E-state index contributed by atoms with van der Waals surface area (Å²) in [7, 11) is 0. The second kappa shape index (κ2) is 6.26. The van der Waals surface area contributed by atoms with Gasteiger partial charge in [0, 0.05) is 12.1 Å². The molecule has 1 fully saturated rings. The van der Waals surface area contributed by atoms with Crippen LogP contribution in [0.25, 0.3) is 0 Å². The topological polar surface area (TPSA) is 64.4 Å². The van der Waals surface area contributed by atoms with E-state index >= 15 is 0 Å². The number of benzene rings is 1. The summed E-state index contributed by atoms with van der Waals surface area (Å²) in [6, 6.07) is 1.37. The van der Waals surface area contributed by atoms with Crippen LogP contribution in [0.2, 0.25) is 0 Å². The van der Waals surface area contributed by atoms with Gasteiger partial charge < -0.3 is 10.1 Å². The van der Waals surface area contributed by atoms with Crippen LogP contribution in [-0.4, -0.2) is 30.3 Å². The highest BCUT2D eigenvalue weighted by Crippen LogP contribution is 2.47. The number of rotatable bonds is 5. The van der Waals surface area contributed by atoms with Gasteiger partial charge in [-0.15, -0.1) is 0 Å². The molecule has 1 saturated heterocycles. The van der Waals surface area contributed by atoms with Gasteiger partial charge in [0.1, 0.15) is 12.4 Å². The molecule has 1 aliphatic rings. The number of ether oxygens (including phenoxy) is 1. The number of nitrogens with one attached hydrogen (secondary N) is 1. The van der Waals surface area contributed by atoms with Crippen LogP contribution in [-0.2, 0) is 5.92 Å². The lowest BCUT2D eigenvalue weighted by atomic mass is 10.1. The van der Waals surface area contributed by atoms with E-state index in [9.17, 15) is 32.1 Å². The van der Waals surface area contributed by atoms with E-state index in [2.05, 4.69) is 5.32 Å². The van der Waals surface area contributed by atoms with Crippen molar-refractivity contribution in [1.82, 2.24) is 5.32 Å². The van der Waals surface area contributed by atoms with Crippen molar-refractivity contribution in [3.05, 3.63) is 33.9 Å². The van der Waals surface area contributed by atoms with Crippen molar-refractivity contribution in [2.45, 2.75) is 31.0 Å². The average molecular weight is 340 g/mol. The maximum atomic E-state index is 13.6. The van der Waals surface area contributed by atoms with E-state index in [4.69, 9.17) is 4.74 Å². The molecule has 0 bridgehead atoms. The van der Waals surface area contributed by atoms with Gasteiger partial charge in [-0.2, -0.15) is 22.0 Å². The zero-order valence-electron chi connectivity index (χ0n) is 11.7. The van der Waals surface area contributed by atoms with Gasteiger partial charge in [0.05, 0.1) is 16.6 Å². The molecule has 1 unspecified atom stereocenters. The van der Waals surface area contributed by atoms with Crippen LogP contribution in [0.1, 0.15) is 18.4 Å². The van der Waals surface area contributed by atoms with Gasteiger partial charge in [-0.25, -0.2) is 0 Å². The number of nitro groups is 1. The first-order valence-corrected chi connectivity index (χ1v) is 6.72. The lowest BCUT2D eigenvalue weighted by Gasteiger charge is -2.23. The number of halogens is 5. The van der Waals surface area contributed by atoms with Gasteiger partial charge in [0.2, 0.25) is 0 Å². The third kappa shape index (κ3) is 3.69. The maximum Gasteiger partial charge on any atom is 0.458 e. The number of non-ortho nitro benzene ring substituents is 1.